The molecule has 0 atom stereocenters. The zero-order valence-electron chi connectivity index (χ0n) is 16.8. The number of carbonyl (C=O) groups is 2. The fourth-order valence-electron chi connectivity index (χ4n) is 4.54. The van der Waals surface area contributed by atoms with Gasteiger partial charge in [0, 0.05) is 11.6 Å². The number of aryl methyl sites for hydroxylation is 1. The topological polar surface area (TPSA) is 40.6 Å². The van der Waals surface area contributed by atoms with Crippen LogP contribution in [0.2, 0.25) is 0 Å². The van der Waals surface area contributed by atoms with E-state index in [1.807, 2.05) is 43.3 Å². The molecule has 2 aliphatic heterocycles. The number of amides is 2. The monoisotopic (exact) mass is 434 g/mol. The zero-order chi connectivity index (χ0) is 20.8. The lowest BCUT2D eigenvalue weighted by molar-refractivity contribution is -0.123. The predicted molar refractivity (Wildman–Crippen MR) is 125 cm³/mol. The number of anilines is 1. The second-order valence-corrected chi connectivity index (χ2v) is 9.72. The van der Waals surface area contributed by atoms with Crippen LogP contribution in [0, 0.1) is 6.92 Å². The highest BCUT2D eigenvalue weighted by atomic mass is 32.2. The molecule has 0 aromatic heterocycles. The first-order valence-electron chi connectivity index (χ1n) is 10.3. The minimum atomic E-state index is -0.122. The molecule has 0 radical (unpaired) electrons. The average Bonchev–Trinajstić information content (AvgIpc) is 3.42. The van der Waals surface area contributed by atoms with E-state index in [1.165, 1.54) is 17.3 Å². The quantitative estimate of drug-likeness (QED) is 0.500. The Labute approximate surface area is 185 Å². The molecule has 5 rings (SSSR count). The van der Waals surface area contributed by atoms with Gasteiger partial charge < -0.3 is 4.90 Å². The van der Waals surface area contributed by atoms with Gasteiger partial charge in [-0.15, -0.1) is 0 Å². The molecule has 4 nitrogen and oxygen atoms in total. The van der Waals surface area contributed by atoms with Crippen molar-refractivity contribution < 1.29 is 9.59 Å². The zero-order valence-corrected chi connectivity index (χ0v) is 18.4. The van der Waals surface area contributed by atoms with Crippen LogP contribution in [0.25, 0.3) is 5.57 Å². The van der Waals surface area contributed by atoms with E-state index in [-0.39, 0.29) is 17.9 Å². The van der Waals surface area contributed by atoms with Crippen molar-refractivity contribution in [3.8, 4) is 0 Å². The van der Waals surface area contributed by atoms with Gasteiger partial charge in [0.1, 0.15) is 4.32 Å². The second kappa shape index (κ2) is 7.67. The highest BCUT2D eigenvalue weighted by Gasteiger charge is 2.44. The second-order valence-electron chi connectivity index (χ2n) is 8.08. The number of hydrogen-bond acceptors (Lipinski definition) is 4. The van der Waals surface area contributed by atoms with Crippen LogP contribution in [-0.4, -0.2) is 27.1 Å². The summed E-state index contributed by atoms with van der Waals surface area (Å²) in [6.07, 6.45) is 4.22. The molecule has 2 aromatic carbocycles. The van der Waals surface area contributed by atoms with Gasteiger partial charge in [0.2, 0.25) is 0 Å². The summed E-state index contributed by atoms with van der Waals surface area (Å²) < 4.78 is 0.580. The van der Waals surface area contributed by atoms with Crippen LogP contribution in [0.3, 0.4) is 0 Å². The summed E-state index contributed by atoms with van der Waals surface area (Å²) >= 11 is 6.84. The van der Waals surface area contributed by atoms with Crippen molar-refractivity contribution >= 4 is 51.4 Å². The van der Waals surface area contributed by atoms with Crippen LogP contribution in [0.4, 0.5) is 5.69 Å². The lowest BCUT2D eigenvalue weighted by atomic mass is 10.1. The van der Waals surface area contributed by atoms with Gasteiger partial charge in [0.25, 0.3) is 11.8 Å². The number of nitrogens with zero attached hydrogens (tertiary/aromatic N) is 2. The summed E-state index contributed by atoms with van der Waals surface area (Å²) in [6, 6.07) is 16.1. The van der Waals surface area contributed by atoms with Crippen molar-refractivity contribution in [3.05, 3.63) is 70.1 Å². The molecule has 3 aliphatic rings. The molecule has 2 heterocycles. The van der Waals surface area contributed by atoms with E-state index in [9.17, 15) is 9.59 Å². The van der Waals surface area contributed by atoms with Gasteiger partial charge in [-0.2, -0.15) is 0 Å². The van der Waals surface area contributed by atoms with Gasteiger partial charge in [0.15, 0.2) is 0 Å². The molecule has 0 N–H and O–H groups in total. The number of hydrogen-bond donors (Lipinski definition) is 0. The molecule has 1 aliphatic carbocycles. The van der Waals surface area contributed by atoms with Crippen molar-refractivity contribution in [3.63, 3.8) is 0 Å². The number of benzene rings is 2. The summed E-state index contributed by atoms with van der Waals surface area (Å²) in [4.78, 5) is 30.9. The Bertz CT molecular complexity index is 1080. The summed E-state index contributed by atoms with van der Waals surface area (Å²) in [5, 5.41) is 0. The number of fused-ring (bicyclic) bond motifs is 1. The molecule has 0 bridgehead atoms. The maximum absolute atomic E-state index is 13.5. The molecule has 1 saturated heterocycles. The minimum Gasteiger partial charge on any atom is -0.303 e. The van der Waals surface area contributed by atoms with E-state index in [0.29, 0.717) is 21.3 Å². The normalized spacial score (nSPS) is 21.8. The summed E-state index contributed by atoms with van der Waals surface area (Å²) in [5.41, 5.74) is 4.41. The lowest BCUT2D eigenvalue weighted by Crippen LogP contribution is -2.37. The van der Waals surface area contributed by atoms with Crippen molar-refractivity contribution in [1.82, 2.24) is 4.90 Å². The van der Waals surface area contributed by atoms with E-state index in [2.05, 4.69) is 12.1 Å². The maximum Gasteiger partial charge on any atom is 0.267 e. The Hall–Kier alpha value is -2.44. The molecule has 2 amide bonds. The van der Waals surface area contributed by atoms with Crippen molar-refractivity contribution in [1.29, 1.82) is 0 Å². The number of rotatable bonds is 3. The third-order valence-electron chi connectivity index (χ3n) is 6.10. The summed E-state index contributed by atoms with van der Waals surface area (Å²) in [5.74, 6) is -0.226. The van der Waals surface area contributed by atoms with E-state index in [0.717, 1.165) is 42.5 Å². The molecule has 2 aromatic rings. The van der Waals surface area contributed by atoms with Crippen LogP contribution in [0.15, 0.2) is 53.4 Å². The third kappa shape index (κ3) is 3.19. The lowest BCUT2D eigenvalue weighted by Gasteiger charge is -2.22. The predicted octanol–water partition coefficient (Wildman–Crippen LogP) is 5.06. The third-order valence-corrected chi connectivity index (χ3v) is 7.50. The molecule has 152 valence electrons. The first kappa shape index (κ1) is 19.5. The SMILES string of the molecule is Cc1ccc(CN2C(=O)/C(=C3/SC(=S)N(C4CCCC4)C3=O)c3ccccc32)cc1. The van der Waals surface area contributed by atoms with Crippen LogP contribution in [0.5, 0.6) is 0 Å². The molecular weight excluding hydrogens is 412 g/mol. The van der Waals surface area contributed by atoms with Crippen molar-refractivity contribution in [2.45, 2.75) is 45.2 Å². The smallest absolute Gasteiger partial charge is 0.267 e. The molecule has 0 unspecified atom stereocenters. The standard InChI is InChI=1S/C24H22N2O2S2/c1-15-10-12-16(13-11-15)14-25-19-9-5-4-8-18(19)20(22(25)27)21-23(28)26(24(29)30-21)17-6-2-3-7-17/h4-5,8-13,17H,2-3,6-7,14H2,1H3/b21-20+. The van der Waals surface area contributed by atoms with Crippen molar-refractivity contribution in [2.24, 2.45) is 0 Å². The fraction of sp³-hybridized carbons (Fsp3) is 0.292. The first-order valence-corrected chi connectivity index (χ1v) is 11.5. The van der Waals surface area contributed by atoms with Gasteiger partial charge >= 0.3 is 0 Å². The van der Waals surface area contributed by atoms with Gasteiger partial charge in [0.05, 0.1) is 22.7 Å². The Morgan fingerprint density at radius 1 is 1.00 bits per heavy atom. The Balaban J connectivity index is 1.54. The number of para-hydroxylation sites is 1. The van der Waals surface area contributed by atoms with Crippen LogP contribution >= 0.6 is 24.0 Å². The van der Waals surface area contributed by atoms with E-state index in [4.69, 9.17) is 12.2 Å². The molecular formula is C24H22N2O2S2. The van der Waals surface area contributed by atoms with E-state index >= 15 is 0 Å². The highest BCUT2D eigenvalue weighted by Crippen LogP contribution is 2.46. The first-order chi connectivity index (χ1) is 14.5. The van der Waals surface area contributed by atoms with Gasteiger partial charge in [-0.25, -0.2) is 0 Å². The number of thiocarbonyl (C=S) groups is 1. The minimum absolute atomic E-state index is 0.104. The molecule has 30 heavy (non-hydrogen) atoms. The van der Waals surface area contributed by atoms with Gasteiger partial charge in [-0.1, -0.05) is 84.8 Å². The Morgan fingerprint density at radius 3 is 2.43 bits per heavy atom. The molecule has 2 fully saturated rings. The molecule has 0 spiro atoms. The summed E-state index contributed by atoms with van der Waals surface area (Å²) in [6.45, 7) is 2.52. The van der Waals surface area contributed by atoms with Crippen molar-refractivity contribution in [2.75, 3.05) is 4.90 Å². The fourth-order valence-corrected chi connectivity index (χ4v) is 6.01. The van der Waals surface area contributed by atoms with E-state index < -0.39 is 0 Å². The molecule has 1 saturated carbocycles. The van der Waals surface area contributed by atoms with E-state index in [1.54, 1.807) is 9.80 Å². The van der Waals surface area contributed by atoms with Gasteiger partial charge in [-0.05, 0) is 31.4 Å². The average molecular weight is 435 g/mol. The largest absolute Gasteiger partial charge is 0.303 e. The molecule has 6 heteroatoms. The Kier molecular flexibility index (Phi) is 4.99. The van der Waals surface area contributed by atoms with Crippen LogP contribution < -0.4 is 4.90 Å². The highest BCUT2D eigenvalue weighted by molar-refractivity contribution is 8.26. The van der Waals surface area contributed by atoms with Crippen LogP contribution in [-0.2, 0) is 16.1 Å². The van der Waals surface area contributed by atoms with Gasteiger partial charge in [-0.3, -0.25) is 14.5 Å². The maximum atomic E-state index is 13.5. The number of carbonyl (C=O) groups excluding carboxylic acids is 2. The number of thioether (sulfide) groups is 1. The Morgan fingerprint density at radius 2 is 1.70 bits per heavy atom. The summed E-state index contributed by atoms with van der Waals surface area (Å²) in [7, 11) is 0. The van der Waals surface area contributed by atoms with Crippen LogP contribution in [0.1, 0.15) is 42.4 Å².